The molecule has 0 radical (unpaired) electrons. The van der Waals surface area contributed by atoms with Gasteiger partial charge in [0.05, 0.1) is 0 Å². The Hall–Kier alpha value is -2.60. The van der Waals surface area contributed by atoms with E-state index in [1.54, 1.807) is 11.0 Å². The number of nitriles is 1. The van der Waals surface area contributed by atoms with Crippen molar-refractivity contribution in [3.05, 3.63) is 11.8 Å². The predicted octanol–water partition coefficient (Wildman–Crippen LogP) is 2.66. The Labute approximate surface area is 184 Å². The van der Waals surface area contributed by atoms with Crippen LogP contribution >= 0.6 is 0 Å². The standard InChI is InChI=1S/C22H34N6O3/c1-15-14-27(21(29)31-22(3,4)5)10-11-28(15)19-12-17(13-23)24-20(25-19)30-16(2)18-8-7-9-26(18)6/h12,15-16,18H,7-11,14H2,1-6H3/t15-,16-,18-/m0/s1. The zero-order chi connectivity index (χ0) is 22.8. The number of hydrogen-bond acceptors (Lipinski definition) is 8. The molecule has 0 aromatic carbocycles. The number of piperazine rings is 1. The minimum absolute atomic E-state index is 0.00829. The fourth-order valence-corrected chi connectivity index (χ4v) is 4.23. The fourth-order valence-electron chi connectivity index (χ4n) is 4.23. The van der Waals surface area contributed by atoms with Crippen molar-refractivity contribution in [2.24, 2.45) is 0 Å². The van der Waals surface area contributed by atoms with E-state index in [1.807, 2.05) is 34.6 Å². The van der Waals surface area contributed by atoms with E-state index < -0.39 is 5.60 Å². The summed E-state index contributed by atoms with van der Waals surface area (Å²) in [5, 5.41) is 9.47. The van der Waals surface area contributed by atoms with Crippen LogP contribution in [0.15, 0.2) is 6.07 Å². The highest BCUT2D eigenvalue weighted by molar-refractivity contribution is 5.68. The van der Waals surface area contributed by atoms with Gasteiger partial charge in [-0.1, -0.05) is 0 Å². The van der Waals surface area contributed by atoms with Crippen LogP contribution in [-0.2, 0) is 4.74 Å². The molecular weight excluding hydrogens is 396 g/mol. The average molecular weight is 431 g/mol. The number of carbonyl (C=O) groups is 1. The summed E-state index contributed by atoms with van der Waals surface area (Å²) in [6, 6.07) is 4.34. The molecule has 0 unspecified atom stereocenters. The van der Waals surface area contributed by atoms with Gasteiger partial charge in [-0.05, 0) is 61.1 Å². The summed E-state index contributed by atoms with van der Waals surface area (Å²) >= 11 is 0. The maximum absolute atomic E-state index is 12.4. The summed E-state index contributed by atoms with van der Waals surface area (Å²) in [7, 11) is 2.10. The van der Waals surface area contributed by atoms with Gasteiger partial charge >= 0.3 is 12.1 Å². The number of ether oxygens (including phenoxy) is 2. The Morgan fingerprint density at radius 1 is 1.29 bits per heavy atom. The molecule has 2 aliphatic rings. The minimum atomic E-state index is -0.526. The van der Waals surface area contributed by atoms with Gasteiger partial charge < -0.3 is 19.3 Å². The third-order valence-electron chi connectivity index (χ3n) is 5.79. The highest BCUT2D eigenvalue weighted by Crippen LogP contribution is 2.25. The molecule has 1 aromatic rings. The molecule has 1 amide bonds. The van der Waals surface area contributed by atoms with Crippen LogP contribution in [0.3, 0.4) is 0 Å². The first-order valence-corrected chi connectivity index (χ1v) is 11.0. The summed E-state index contributed by atoms with van der Waals surface area (Å²) in [6.45, 7) is 12.3. The molecule has 31 heavy (non-hydrogen) atoms. The van der Waals surface area contributed by atoms with Gasteiger partial charge in [0.1, 0.15) is 29.3 Å². The molecule has 0 spiro atoms. The van der Waals surface area contributed by atoms with Crippen molar-refractivity contribution in [3.63, 3.8) is 0 Å². The summed E-state index contributed by atoms with van der Waals surface area (Å²) in [6.07, 6.45) is 1.85. The molecule has 0 N–H and O–H groups in total. The van der Waals surface area contributed by atoms with E-state index >= 15 is 0 Å². The number of likely N-dealkylation sites (tertiary alicyclic amines) is 1. The number of carbonyl (C=O) groups excluding carboxylic acids is 1. The van der Waals surface area contributed by atoms with E-state index in [9.17, 15) is 10.1 Å². The Morgan fingerprint density at radius 3 is 2.61 bits per heavy atom. The van der Waals surface area contributed by atoms with Gasteiger partial charge in [0.2, 0.25) is 0 Å². The summed E-state index contributed by atoms with van der Waals surface area (Å²) in [5.74, 6) is 0.643. The lowest BCUT2D eigenvalue weighted by atomic mass is 10.1. The van der Waals surface area contributed by atoms with Crippen molar-refractivity contribution < 1.29 is 14.3 Å². The van der Waals surface area contributed by atoms with Crippen LogP contribution in [0.4, 0.5) is 10.6 Å². The van der Waals surface area contributed by atoms with Crippen molar-refractivity contribution in [3.8, 4) is 12.1 Å². The molecule has 3 rings (SSSR count). The number of nitrogens with zero attached hydrogens (tertiary/aromatic N) is 6. The highest BCUT2D eigenvalue weighted by Gasteiger charge is 2.32. The zero-order valence-corrected chi connectivity index (χ0v) is 19.5. The van der Waals surface area contributed by atoms with Gasteiger partial charge in [0.15, 0.2) is 0 Å². The quantitative estimate of drug-likeness (QED) is 0.719. The molecule has 9 heteroatoms. The molecule has 2 aliphatic heterocycles. The van der Waals surface area contributed by atoms with Crippen LogP contribution in [0.2, 0.25) is 0 Å². The third-order valence-corrected chi connectivity index (χ3v) is 5.79. The normalized spacial score (nSPS) is 23.4. The fraction of sp³-hybridized carbons (Fsp3) is 0.727. The van der Waals surface area contributed by atoms with E-state index in [0.717, 1.165) is 19.4 Å². The first kappa shape index (κ1) is 23.1. The second-order valence-corrected chi connectivity index (χ2v) is 9.49. The topological polar surface area (TPSA) is 94.8 Å². The first-order valence-electron chi connectivity index (χ1n) is 11.0. The molecular formula is C22H34N6O3. The number of hydrogen-bond donors (Lipinski definition) is 0. The van der Waals surface area contributed by atoms with Gasteiger partial charge in [-0.25, -0.2) is 4.79 Å². The number of anilines is 1. The molecule has 170 valence electrons. The van der Waals surface area contributed by atoms with E-state index in [4.69, 9.17) is 9.47 Å². The van der Waals surface area contributed by atoms with Crippen LogP contribution in [0, 0.1) is 11.3 Å². The van der Waals surface area contributed by atoms with Gasteiger partial charge in [-0.3, -0.25) is 4.90 Å². The van der Waals surface area contributed by atoms with E-state index in [1.165, 1.54) is 0 Å². The number of rotatable bonds is 4. The largest absolute Gasteiger partial charge is 0.459 e. The second-order valence-electron chi connectivity index (χ2n) is 9.49. The number of aromatic nitrogens is 2. The molecule has 1 aromatic heterocycles. The second kappa shape index (κ2) is 9.27. The Morgan fingerprint density at radius 2 is 2.03 bits per heavy atom. The number of likely N-dealkylation sites (N-methyl/N-ethyl adjacent to an activating group) is 1. The lowest BCUT2D eigenvalue weighted by molar-refractivity contribution is 0.0218. The summed E-state index contributed by atoms with van der Waals surface area (Å²) in [5.41, 5.74) is -0.254. The van der Waals surface area contributed by atoms with Crippen LogP contribution in [-0.4, -0.2) is 82.9 Å². The van der Waals surface area contributed by atoms with Gasteiger partial charge in [0, 0.05) is 37.8 Å². The van der Waals surface area contributed by atoms with Crippen molar-refractivity contribution in [2.45, 2.75) is 71.2 Å². The van der Waals surface area contributed by atoms with E-state index in [2.05, 4.69) is 32.9 Å². The lowest BCUT2D eigenvalue weighted by Crippen LogP contribution is -2.54. The average Bonchev–Trinajstić information content (AvgIpc) is 3.12. The van der Waals surface area contributed by atoms with E-state index in [0.29, 0.717) is 31.5 Å². The summed E-state index contributed by atoms with van der Waals surface area (Å²) in [4.78, 5) is 27.4. The molecule has 0 aliphatic carbocycles. The maximum atomic E-state index is 12.4. The molecule has 0 saturated carbocycles. The molecule has 0 bridgehead atoms. The smallest absolute Gasteiger partial charge is 0.410 e. The first-order chi connectivity index (χ1) is 14.6. The monoisotopic (exact) mass is 430 g/mol. The van der Waals surface area contributed by atoms with Gasteiger partial charge in [-0.15, -0.1) is 0 Å². The molecule has 2 saturated heterocycles. The highest BCUT2D eigenvalue weighted by atomic mass is 16.6. The van der Waals surface area contributed by atoms with Crippen LogP contribution in [0.1, 0.15) is 53.2 Å². The van der Waals surface area contributed by atoms with Crippen molar-refractivity contribution >= 4 is 11.9 Å². The van der Waals surface area contributed by atoms with Crippen LogP contribution in [0.5, 0.6) is 6.01 Å². The molecule has 3 heterocycles. The predicted molar refractivity (Wildman–Crippen MR) is 117 cm³/mol. The van der Waals surface area contributed by atoms with Crippen LogP contribution < -0.4 is 9.64 Å². The Balaban J connectivity index is 1.71. The molecule has 2 fully saturated rings. The molecule has 9 nitrogen and oxygen atoms in total. The SMILES string of the molecule is C[C@H](Oc1nc(C#N)cc(N2CCN(C(=O)OC(C)(C)C)C[C@@H]2C)n1)[C@@H]1CCCN1C. The van der Waals surface area contributed by atoms with Gasteiger partial charge in [-0.2, -0.15) is 15.2 Å². The van der Waals surface area contributed by atoms with Crippen molar-refractivity contribution in [2.75, 3.05) is 38.1 Å². The zero-order valence-electron chi connectivity index (χ0n) is 19.5. The van der Waals surface area contributed by atoms with E-state index in [-0.39, 0.29) is 29.9 Å². The lowest BCUT2D eigenvalue weighted by Gasteiger charge is -2.40. The van der Waals surface area contributed by atoms with Crippen LogP contribution in [0.25, 0.3) is 0 Å². The maximum Gasteiger partial charge on any atom is 0.410 e. The van der Waals surface area contributed by atoms with Crippen molar-refractivity contribution in [1.29, 1.82) is 5.26 Å². The third kappa shape index (κ3) is 5.76. The Bertz CT molecular complexity index is 834. The molecule has 3 atom stereocenters. The van der Waals surface area contributed by atoms with Gasteiger partial charge in [0.25, 0.3) is 0 Å². The summed E-state index contributed by atoms with van der Waals surface area (Å²) < 4.78 is 11.6. The minimum Gasteiger partial charge on any atom is -0.459 e. The number of amides is 1. The van der Waals surface area contributed by atoms with Crippen molar-refractivity contribution in [1.82, 2.24) is 19.8 Å². The Kier molecular flexibility index (Phi) is 6.90.